The van der Waals surface area contributed by atoms with Crippen molar-refractivity contribution in [2.75, 3.05) is 17.1 Å². The molecule has 0 amide bonds. The van der Waals surface area contributed by atoms with Crippen LogP contribution in [-0.2, 0) is 21.2 Å². The van der Waals surface area contributed by atoms with E-state index in [1.165, 1.54) is 16.6 Å². The van der Waals surface area contributed by atoms with Crippen LogP contribution >= 0.6 is 0 Å². The summed E-state index contributed by atoms with van der Waals surface area (Å²) in [6, 6.07) is 4.98. The molecule has 0 atom stereocenters. The van der Waals surface area contributed by atoms with Crippen LogP contribution in [0.25, 0.3) is 0 Å². The molecule has 0 bridgehead atoms. The summed E-state index contributed by atoms with van der Waals surface area (Å²) in [5, 5.41) is 0. The number of sulfonamides is 1. The number of hydrogen-bond acceptors (Lipinski definition) is 4. The number of anilines is 1. The summed E-state index contributed by atoms with van der Waals surface area (Å²) in [6.45, 7) is 0.447. The number of rotatable bonds is 2. The predicted octanol–water partition coefficient (Wildman–Crippen LogP) is 0.976. The molecule has 5 nitrogen and oxygen atoms in total. The summed E-state index contributed by atoms with van der Waals surface area (Å²) in [7, 11) is -3.22. The van der Waals surface area contributed by atoms with E-state index in [1.54, 1.807) is 18.2 Å². The Morgan fingerprint density at radius 1 is 1.44 bits per heavy atom. The van der Waals surface area contributed by atoms with Crippen LogP contribution in [0.3, 0.4) is 0 Å². The second kappa shape index (κ2) is 3.73. The molecule has 0 spiro atoms. The predicted molar refractivity (Wildman–Crippen MR) is 60.1 cm³/mol. The van der Waals surface area contributed by atoms with Crippen LogP contribution in [-0.4, -0.2) is 27.3 Å². The van der Waals surface area contributed by atoms with Crippen molar-refractivity contribution in [1.82, 2.24) is 0 Å². The van der Waals surface area contributed by atoms with Crippen LogP contribution in [0.15, 0.2) is 23.2 Å². The van der Waals surface area contributed by atoms with Crippen LogP contribution in [0.1, 0.15) is 5.56 Å². The average molecular weight is 238 g/mol. The third-order valence-corrected chi connectivity index (χ3v) is 3.67. The highest BCUT2D eigenvalue weighted by atomic mass is 32.2. The Kier molecular flexibility index (Phi) is 2.53. The Morgan fingerprint density at radius 2 is 2.19 bits per heavy atom. The van der Waals surface area contributed by atoms with Gasteiger partial charge in [0, 0.05) is 6.54 Å². The quantitative estimate of drug-likeness (QED) is 0.569. The van der Waals surface area contributed by atoms with Gasteiger partial charge in [-0.05, 0) is 30.2 Å². The van der Waals surface area contributed by atoms with Crippen LogP contribution < -0.4 is 4.31 Å². The normalized spacial score (nSPS) is 14.4. The van der Waals surface area contributed by atoms with Gasteiger partial charge in [-0.15, -0.1) is 0 Å². The zero-order valence-corrected chi connectivity index (χ0v) is 9.49. The van der Waals surface area contributed by atoms with E-state index >= 15 is 0 Å². The van der Waals surface area contributed by atoms with Gasteiger partial charge in [0.2, 0.25) is 16.1 Å². The lowest BCUT2D eigenvalue weighted by atomic mass is 10.1. The lowest BCUT2D eigenvalue weighted by molar-refractivity contribution is 0.565. The standard InChI is InChI=1S/C10H10N2O3S/c1-16(14,15)12-5-4-8-6-9(11-7-13)2-3-10(8)12/h2-3,6H,4-5H2,1H3. The Bertz CT molecular complexity index is 574. The van der Waals surface area contributed by atoms with Crippen LogP contribution in [0, 0.1) is 0 Å². The van der Waals surface area contributed by atoms with Crippen molar-refractivity contribution in [2.24, 2.45) is 4.99 Å². The monoisotopic (exact) mass is 238 g/mol. The third kappa shape index (κ3) is 1.85. The number of hydrogen-bond donors (Lipinski definition) is 0. The molecule has 0 unspecified atom stereocenters. The summed E-state index contributed by atoms with van der Waals surface area (Å²) in [4.78, 5) is 13.6. The zero-order chi connectivity index (χ0) is 11.8. The number of nitrogens with zero attached hydrogens (tertiary/aromatic N) is 2. The molecule has 1 aliphatic heterocycles. The minimum Gasteiger partial charge on any atom is -0.270 e. The molecular weight excluding hydrogens is 228 g/mol. The first-order valence-corrected chi connectivity index (χ1v) is 6.56. The van der Waals surface area contributed by atoms with Crippen molar-refractivity contribution < 1.29 is 13.2 Å². The van der Waals surface area contributed by atoms with Gasteiger partial charge in [0.1, 0.15) is 0 Å². The third-order valence-electron chi connectivity index (χ3n) is 2.49. The van der Waals surface area contributed by atoms with E-state index in [0.29, 0.717) is 24.3 Å². The minimum absolute atomic E-state index is 0.447. The molecule has 6 heteroatoms. The van der Waals surface area contributed by atoms with Crippen molar-refractivity contribution in [3.05, 3.63) is 23.8 Å². The van der Waals surface area contributed by atoms with Gasteiger partial charge in [-0.1, -0.05) is 0 Å². The number of carbonyl (C=O) groups excluding carboxylic acids is 1. The maximum absolute atomic E-state index is 11.4. The lowest BCUT2D eigenvalue weighted by Gasteiger charge is -2.16. The lowest BCUT2D eigenvalue weighted by Crippen LogP contribution is -2.27. The van der Waals surface area contributed by atoms with Crippen LogP contribution in [0.4, 0.5) is 11.4 Å². The Labute approximate surface area is 93.5 Å². The molecule has 0 aromatic heterocycles. The van der Waals surface area contributed by atoms with Crippen LogP contribution in [0.5, 0.6) is 0 Å². The molecule has 1 aromatic carbocycles. The molecule has 1 aliphatic rings. The van der Waals surface area contributed by atoms with E-state index in [-0.39, 0.29) is 0 Å². The molecule has 1 aromatic rings. The van der Waals surface area contributed by atoms with Crippen molar-refractivity contribution in [1.29, 1.82) is 0 Å². The fourth-order valence-electron chi connectivity index (χ4n) is 1.82. The van der Waals surface area contributed by atoms with Gasteiger partial charge in [0.05, 0.1) is 17.6 Å². The van der Waals surface area contributed by atoms with E-state index in [4.69, 9.17) is 0 Å². The second-order valence-electron chi connectivity index (χ2n) is 3.60. The number of isocyanates is 1. The van der Waals surface area contributed by atoms with E-state index in [9.17, 15) is 13.2 Å². The molecule has 0 radical (unpaired) electrons. The zero-order valence-electron chi connectivity index (χ0n) is 8.67. The second-order valence-corrected chi connectivity index (χ2v) is 5.51. The molecule has 0 saturated heterocycles. The smallest absolute Gasteiger partial charge is 0.240 e. The van der Waals surface area contributed by atoms with Crippen LogP contribution in [0.2, 0.25) is 0 Å². The molecule has 0 aliphatic carbocycles. The maximum Gasteiger partial charge on any atom is 0.240 e. The van der Waals surface area contributed by atoms with Gasteiger partial charge in [-0.2, -0.15) is 4.99 Å². The molecule has 16 heavy (non-hydrogen) atoms. The summed E-state index contributed by atoms with van der Waals surface area (Å²) >= 11 is 0. The van der Waals surface area contributed by atoms with Crippen molar-refractivity contribution >= 4 is 27.5 Å². The van der Waals surface area contributed by atoms with Gasteiger partial charge in [0.15, 0.2) is 0 Å². The molecular formula is C10H10N2O3S. The summed E-state index contributed by atoms with van der Waals surface area (Å²) in [5.41, 5.74) is 2.07. The Hall–Kier alpha value is -1.65. The first kappa shape index (κ1) is 10.9. The topological polar surface area (TPSA) is 66.8 Å². The first-order valence-electron chi connectivity index (χ1n) is 4.71. The van der Waals surface area contributed by atoms with E-state index < -0.39 is 10.0 Å². The summed E-state index contributed by atoms with van der Waals surface area (Å²) in [5.74, 6) is 0. The number of aliphatic imine (C=N–C) groups is 1. The minimum atomic E-state index is -3.22. The molecule has 0 saturated carbocycles. The van der Waals surface area contributed by atoms with E-state index in [0.717, 1.165) is 5.56 Å². The molecule has 0 fully saturated rings. The highest BCUT2D eigenvalue weighted by Crippen LogP contribution is 2.32. The highest BCUT2D eigenvalue weighted by Gasteiger charge is 2.25. The molecule has 1 heterocycles. The number of fused-ring (bicyclic) bond motifs is 1. The largest absolute Gasteiger partial charge is 0.270 e. The van der Waals surface area contributed by atoms with Crippen molar-refractivity contribution in [2.45, 2.75) is 6.42 Å². The van der Waals surface area contributed by atoms with Gasteiger partial charge in [0.25, 0.3) is 0 Å². The highest BCUT2D eigenvalue weighted by molar-refractivity contribution is 7.92. The van der Waals surface area contributed by atoms with E-state index in [2.05, 4.69) is 4.99 Å². The SMILES string of the molecule is CS(=O)(=O)N1CCc2cc(N=C=O)ccc21. The van der Waals surface area contributed by atoms with Crippen molar-refractivity contribution in [3.63, 3.8) is 0 Å². The van der Waals surface area contributed by atoms with Crippen molar-refractivity contribution in [3.8, 4) is 0 Å². The average Bonchev–Trinajstić information content (AvgIpc) is 2.60. The summed E-state index contributed by atoms with van der Waals surface area (Å²) in [6.07, 6.45) is 3.28. The maximum atomic E-state index is 11.4. The van der Waals surface area contributed by atoms with E-state index in [1.807, 2.05) is 0 Å². The molecule has 84 valence electrons. The first-order chi connectivity index (χ1) is 7.52. The fourth-order valence-corrected chi connectivity index (χ4v) is 2.78. The Morgan fingerprint density at radius 3 is 2.81 bits per heavy atom. The molecule has 0 N–H and O–H groups in total. The Balaban J connectivity index is 2.47. The van der Waals surface area contributed by atoms with Gasteiger partial charge >= 0.3 is 0 Å². The summed E-state index contributed by atoms with van der Waals surface area (Å²) < 4.78 is 24.3. The van der Waals surface area contributed by atoms with Gasteiger partial charge in [-0.25, -0.2) is 13.2 Å². The van der Waals surface area contributed by atoms with Gasteiger partial charge < -0.3 is 0 Å². The fraction of sp³-hybridized carbons (Fsp3) is 0.300. The molecule has 2 rings (SSSR count). The number of benzene rings is 1. The van der Waals surface area contributed by atoms with Gasteiger partial charge in [-0.3, -0.25) is 4.31 Å².